The van der Waals surface area contributed by atoms with Gasteiger partial charge in [-0.15, -0.1) is 0 Å². The van der Waals surface area contributed by atoms with Crippen LogP contribution >= 0.6 is 0 Å². The minimum absolute atomic E-state index is 0.0162. The van der Waals surface area contributed by atoms with Crippen molar-refractivity contribution in [1.29, 1.82) is 0 Å². The molecule has 0 unspecified atom stereocenters. The molecule has 4 bridgehead atoms. The molecular formula is C85H69BN4. The van der Waals surface area contributed by atoms with E-state index < -0.39 is 0 Å². The van der Waals surface area contributed by atoms with Crippen LogP contribution < -0.4 is 31.1 Å². The Morgan fingerprint density at radius 3 is 1.17 bits per heavy atom. The van der Waals surface area contributed by atoms with Crippen LogP contribution in [0, 0.1) is 11.8 Å². The summed E-state index contributed by atoms with van der Waals surface area (Å²) in [7, 11) is 0. The van der Waals surface area contributed by atoms with Crippen LogP contribution in [0.1, 0.15) is 58.4 Å². The van der Waals surface area contributed by atoms with Gasteiger partial charge in [-0.1, -0.05) is 251 Å². The number of anilines is 7. The zero-order valence-electron chi connectivity index (χ0n) is 51.3. The monoisotopic (exact) mass is 1160 g/mol. The van der Waals surface area contributed by atoms with Crippen LogP contribution in [0.25, 0.3) is 83.1 Å². The van der Waals surface area contributed by atoms with E-state index in [0.29, 0.717) is 12.1 Å². The minimum Gasteiger partial charge on any atom is -0.365 e. The summed E-state index contributed by atoms with van der Waals surface area (Å²) in [6, 6.07) is 107. The summed E-state index contributed by atoms with van der Waals surface area (Å²) in [5.41, 5.74) is 28.9. The van der Waals surface area contributed by atoms with E-state index in [1.54, 1.807) is 0 Å². The highest BCUT2D eigenvalue weighted by Crippen LogP contribution is 2.56. The summed E-state index contributed by atoms with van der Waals surface area (Å²) in [5, 5.41) is 2.50. The number of hydrogen-bond donors (Lipinski definition) is 0. The maximum Gasteiger partial charge on any atom is 0.252 e. The quantitative estimate of drug-likeness (QED) is 0.134. The molecule has 5 heterocycles. The van der Waals surface area contributed by atoms with Crippen molar-refractivity contribution in [2.45, 2.75) is 70.4 Å². The Morgan fingerprint density at radius 2 is 0.733 bits per heavy atom. The number of hydrogen-bond acceptors (Lipinski definition) is 3. The Labute approximate surface area is 529 Å². The Kier molecular flexibility index (Phi) is 12.2. The highest BCUT2D eigenvalue weighted by molar-refractivity contribution is 7.00. The highest BCUT2D eigenvalue weighted by Gasteiger charge is 2.49. The van der Waals surface area contributed by atoms with Crippen molar-refractivity contribution in [3.63, 3.8) is 0 Å². The fourth-order valence-corrected chi connectivity index (χ4v) is 17.2. The van der Waals surface area contributed by atoms with Crippen LogP contribution in [-0.2, 0) is 5.41 Å². The lowest BCUT2D eigenvalue weighted by molar-refractivity contribution is 0.0900. The molecule has 13 aromatic rings. The van der Waals surface area contributed by atoms with Crippen LogP contribution in [-0.4, -0.2) is 23.4 Å². The molecular weight excluding hydrogens is 1090 g/mol. The van der Waals surface area contributed by atoms with E-state index in [9.17, 15) is 0 Å². The molecule has 0 amide bonds. The van der Waals surface area contributed by atoms with Crippen LogP contribution in [0.2, 0.25) is 0 Å². The lowest BCUT2D eigenvalue weighted by Gasteiger charge is -2.57. The Balaban J connectivity index is 1.00. The van der Waals surface area contributed by atoms with Gasteiger partial charge >= 0.3 is 0 Å². The van der Waals surface area contributed by atoms with Gasteiger partial charge in [-0.05, 0) is 153 Å². The lowest BCUT2D eigenvalue weighted by atomic mass is 9.33. The molecule has 1 aromatic heterocycles. The summed E-state index contributed by atoms with van der Waals surface area (Å²) in [6.07, 6.45) is 6.59. The number of aromatic nitrogens is 1. The summed E-state index contributed by atoms with van der Waals surface area (Å²) in [5.74, 6) is 1.68. The summed E-state index contributed by atoms with van der Waals surface area (Å²) in [4.78, 5) is 8.36. The number of rotatable bonds is 9. The molecule has 4 nitrogen and oxygen atoms in total. The number of piperidine rings is 2. The van der Waals surface area contributed by atoms with Crippen LogP contribution in [0.3, 0.4) is 0 Å². The average molecular weight is 1160 g/mol. The third kappa shape index (κ3) is 8.42. The molecule has 90 heavy (non-hydrogen) atoms. The second kappa shape index (κ2) is 20.8. The maximum absolute atomic E-state index is 2.90. The summed E-state index contributed by atoms with van der Waals surface area (Å²) < 4.78 is 2.51. The zero-order valence-corrected chi connectivity index (χ0v) is 51.3. The van der Waals surface area contributed by atoms with Gasteiger partial charge in [0, 0.05) is 79.2 Å². The predicted octanol–water partition coefficient (Wildman–Crippen LogP) is 20.3. The van der Waals surface area contributed by atoms with Crippen molar-refractivity contribution >= 4 is 84.7 Å². The highest BCUT2D eigenvalue weighted by atomic mass is 15.2. The largest absolute Gasteiger partial charge is 0.365 e. The SMILES string of the molecule is CC(C)(C)c1ccc(-c2cc3c4c(c2)N(c2c(-c5ccccc5)cccc2-c2ccccc2)c2cc(-n5c6ccccc6c6ccccc65)ccc2B4c2ccc(N4C5CC6CC(C5)CC4C6)cc2N3c2c(-c3ccccc3)cccc2-c2ccccc2)cc1. The molecule has 2 aliphatic carbocycles. The predicted molar refractivity (Wildman–Crippen MR) is 381 cm³/mol. The van der Waals surface area contributed by atoms with Crippen molar-refractivity contribution in [2.75, 3.05) is 14.7 Å². The molecule has 19 rings (SSSR count). The van der Waals surface area contributed by atoms with Gasteiger partial charge in [-0.2, -0.15) is 0 Å². The Bertz CT molecular complexity index is 4750. The van der Waals surface area contributed by atoms with Gasteiger partial charge in [0.1, 0.15) is 0 Å². The minimum atomic E-state index is -0.146. The van der Waals surface area contributed by atoms with E-state index in [2.05, 4.69) is 319 Å². The molecule has 2 saturated heterocycles. The van der Waals surface area contributed by atoms with E-state index in [1.165, 1.54) is 166 Å². The van der Waals surface area contributed by atoms with Gasteiger partial charge in [0.05, 0.1) is 22.4 Å². The van der Waals surface area contributed by atoms with Gasteiger partial charge in [0.15, 0.2) is 0 Å². The van der Waals surface area contributed by atoms with Crippen molar-refractivity contribution in [3.8, 4) is 61.3 Å². The van der Waals surface area contributed by atoms with Gasteiger partial charge in [-0.25, -0.2) is 0 Å². The van der Waals surface area contributed by atoms with Gasteiger partial charge in [0.2, 0.25) is 0 Å². The topological polar surface area (TPSA) is 14.7 Å². The summed E-state index contributed by atoms with van der Waals surface area (Å²) >= 11 is 0. The Morgan fingerprint density at radius 1 is 0.333 bits per heavy atom. The fraction of sp³-hybridized carbons (Fsp3) is 0.153. The van der Waals surface area contributed by atoms with Crippen molar-refractivity contribution in [1.82, 2.24) is 4.57 Å². The first-order valence-corrected chi connectivity index (χ1v) is 32.7. The molecule has 432 valence electrons. The number of fused-ring (bicyclic) bond motifs is 7. The van der Waals surface area contributed by atoms with Crippen LogP contribution in [0.4, 0.5) is 39.8 Å². The molecule has 0 spiro atoms. The molecule has 5 heteroatoms. The first-order valence-electron chi connectivity index (χ1n) is 32.7. The molecule has 6 aliphatic rings. The number of para-hydroxylation sites is 4. The van der Waals surface area contributed by atoms with Gasteiger partial charge in [0.25, 0.3) is 6.71 Å². The Hall–Kier alpha value is -10.1. The van der Waals surface area contributed by atoms with E-state index in [1.807, 2.05) is 0 Å². The maximum atomic E-state index is 2.90. The second-order valence-electron chi connectivity index (χ2n) is 27.2. The number of nitrogens with zero attached hydrogens (tertiary/aromatic N) is 4. The molecule has 0 N–H and O–H groups in total. The first kappa shape index (κ1) is 53.0. The molecule has 4 fully saturated rings. The third-order valence-electron chi connectivity index (χ3n) is 21.0. The van der Waals surface area contributed by atoms with Crippen molar-refractivity contribution in [2.24, 2.45) is 11.8 Å². The molecule has 0 atom stereocenters. The molecule has 2 saturated carbocycles. The molecule has 12 aromatic carbocycles. The standard InChI is InChI=1S/C85H69BN4/c1-85(2,3)63-40-38-57(39-41-63)62-51-80-82-81(52-62)90(84-70(60-26-12-6-13-27-60)34-21-35-71(84)61-28-14-7-15-29-61)79-54-65(88-76-36-18-16-30-72(76)73-31-17-19-37-77(73)88)43-45-75(79)86(82)74-44-42-64(87-66-47-55-46-56(49-66)50-67(87)48-55)53-78(74)89(80)83-68(58-22-8-4-9-23-58)32-20-33-69(83)59-24-10-5-11-25-59/h4-45,51-56,66-67H,46-50H2,1-3H3. The van der Waals surface area contributed by atoms with E-state index in [0.717, 1.165) is 23.2 Å². The smallest absolute Gasteiger partial charge is 0.252 e. The number of benzene rings is 12. The van der Waals surface area contributed by atoms with Gasteiger partial charge < -0.3 is 19.3 Å². The second-order valence-corrected chi connectivity index (χ2v) is 27.2. The van der Waals surface area contributed by atoms with Crippen LogP contribution in [0.5, 0.6) is 0 Å². The fourth-order valence-electron chi connectivity index (χ4n) is 17.2. The van der Waals surface area contributed by atoms with E-state index >= 15 is 0 Å². The van der Waals surface area contributed by atoms with Crippen molar-refractivity contribution < 1.29 is 0 Å². The third-order valence-corrected chi connectivity index (χ3v) is 21.0. The van der Waals surface area contributed by atoms with Crippen LogP contribution in [0.15, 0.2) is 279 Å². The summed E-state index contributed by atoms with van der Waals surface area (Å²) in [6.45, 7) is 6.81. The van der Waals surface area contributed by atoms with Crippen molar-refractivity contribution in [3.05, 3.63) is 285 Å². The van der Waals surface area contributed by atoms with E-state index in [-0.39, 0.29) is 12.1 Å². The normalized spacial score (nSPS) is 17.9. The average Bonchev–Trinajstić information content (AvgIpc) is 0.779. The lowest BCUT2D eigenvalue weighted by Crippen LogP contribution is -2.62. The first-order chi connectivity index (χ1) is 44.3. The van der Waals surface area contributed by atoms with Gasteiger partial charge in [-0.3, -0.25) is 0 Å². The molecule has 4 aliphatic heterocycles. The van der Waals surface area contributed by atoms with E-state index in [4.69, 9.17) is 0 Å². The molecule has 0 radical (unpaired) electrons. The zero-order chi connectivity index (χ0) is 59.8.